The minimum atomic E-state index is 1.03. The van der Waals surface area contributed by atoms with Crippen molar-refractivity contribution in [3.8, 4) is 22.3 Å². The quantitative estimate of drug-likeness (QED) is 0.250. The van der Waals surface area contributed by atoms with Gasteiger partial charge in [-0.25, -0.2) is 0 Å². The molecule has 5 aromatic carbocycles. The van der Waals surface area contributed by atoms with Gasteiger partial charge in [0.2, 0.25) is 0 Å². The van der Waals surface area contributed by atoms with E-state index in [-0.39, 0.29) is 0 Å². The minimum Gasteiger partial charge on any atom is -0.0952 e. The summed E-state index contributed by atoms with van der Waals surface area (Å²) in [7, 11) is 0. The van der Waals surface area contributed by atoms with Gasteiger partial charge in [-0.15, -0.1) is 0 Å². The van der Waals surface area contributed by atoms with Crippen molar-refractivity contribution in [3.63, 3.8) is 0 Å². The third-order valence-electron chi connectivity index (χ3n) is 7.37. The highest BCUT2D eigenvalue weighted by atomic mass is 14.2. The zero-order chi connectivity index (χ0) is 23.8. The molecule has 35 heavy (non-hydrogen) atoms. The van der Waals surface area contributed by atoms with Crippen molar-refractivity contribution in [2.45, 2.75) is 32.6 Å². The molecule has 1 aliphatic rings. The fourth-order valence-electron chi connectivity index (χ4n) is 5.72. The van der Waals surface area contributed by atoms with Gasteiger partial charge in [0.1, 0.15) is 0 Å². The van der Waals surface area contributed by atoms with E-state index in [0.717, 1.165) is 25.7 Å². The van der Waals surface area contributed by atoms with Crippen LogP contribution in [0.15, 0.2) is 104 Å². The second-order valence-corrected chi connectivity index (χ2v) is 9.62. The molecule has 0 heteroatoms. The molecule has 6 rings (SSSR count). The van der Waals surface area contributed by atoms with Crippen molar-refractivity contribution in [2.75, 3.05) is 0 Å². The van der Waals surface area contributed by atoms with Gasteiger partial charge in [-0.1, -0.05) is 117 Å². The molecule has 0 radical (unpaired) electrons. The molecule has 5 aromatic rings. The SMILES string of the molecule is C=C(CCC)c1c2c(c(-c3ccc(-c4ccc5ccccc5c4)cc3)c3ccccc13)CCC=C2. The van der Waals surface area contributed by atoms with Crippen molar-refractivity contribution in [1.29, 1.82) is 0 Å². The number of rotatable bonds is 5. The number of allylic oxidation sites excluding steroid dienone is 2. The molecule has 0 fully saturated rings. The van der Waals surface area contributed by atoms with Gasteiger partial charge in [0.25, 0.3) is 0 Å². The maximum absolute atomic E-state index is 4.51. The van der Waals surface area contributed by atoms with Crippen LogP contribution in [0.2, 0.25) is 0 Å². The van der Waals surface area contributed by atoms with Gasteiger partial charge in [0.15, 0.2) is 0 Å². The summed E-state index contributed by atoms with van der Waals surface area (Å²) >= 11 is 0. The highest BCUT2D eigenvalue weighted by Gasteiger charge is 2.21. The smallest absolute Gasteiger partial charge is 0.00668 e. The summed E-state index contributed by atoms with van der Waals surface area (Å²) in [5.41, 5.74) is 10.7. The van der Waals surface area contributed by atoms with Crippen LogP contribution in [0.3, 0.4) is 0 Å². The van der Waals surface area contributed by atoms with Gasteiger partial charge in [-0.2, -0.15) is 0 Å². The first-order valence-electron chi connectivity index (χ1n) is 12.8. The lowest BCUT2D eigenvalue weighted by Crippen LogP contribution is -2.04. The zero-order valence-electron chi connectivity index (χ0n) is 20.4. The number of benzene rings is 5. The Hall–Kier alpha value is -3.90. The summed E-state index contributed by atoms with van der Waals surface area (Å²) in [6, 6.07) is 33.4. The Labute approximate surface area is 208 Å². The van der Waals surface area contributed by atoms with Crippen molar-refractivity contribution in [3.05, 3.63) is 120 Å². The van der Waals surface area contributed by atoms with Crippen molar-refractivity contribution in [1.82, 2.24) is 0 Å². The predicted octanol–water partition coefficient (Wildman–Crippen LogP) is 10.1. The monoisotopic (exact) mass is 450 g/mol. The lowest BCUT2D eigenvalue weighted by atomic mass is 9.79. The summed E-state index contributed by atoms with van der Waals surface area (Å²) in [6.45, 7) is 6.75. The Bertz CT molecular complexity index is 1600. The summed E-state index contributed by atoms with van der Waals surface area (Å²) < 4.78 is 0. The summed E-state index contributed by atoms with van der Waals surface area (Å²) in [5, 5.41) is 5.23. The maximum atomic E-state index is 4.51. The van der Waals surface area contributed by atoms with Crippen LogP contribution in [-0.4, -0.2) is 0 Å². The van der Waals surface area contributed by atoms with Crippen LogP contribution in [0.1, 0.15) is 42.9 Å². The van der Waals surface area contributed by atoms with E-state index in [2.05, 4.69) is 117 Å². The Morgan fingerprint density at radius 1 is 0.743 bits per heavy atom. The average Bonchev–Trinajstić information content (AvgIpc) is 2.91. The molecule has 0 heterocycles. The summed E-state index contributed by atoms with van der Waals surface area (Å²) in [5.74, 6) is 0. The Kier molecular flexibility index (Phi) is 5.58. The largest absolute Gasteiger partial charge is 0.0952 e. The highest BCUT2D eigenvalue weighted by molar-refractivity contribution is 6.07. The van der Waals surface area contributed by atoms with E-state index in [4.69, 9.17) is 0 Å². The first kappa shape index (κ1) is 21.6. The molecule has 0 nitrogen and oxygen atoms in total. The van der Waals surface area contributed by atoms with Crippen LogP contribution >= 0.6 is 0 Å². The standard InChI is InChI=1S/C35H30/c1-3-10-24(2)34-30-13-6-8-15-32(30)35(33-16-9-7-14-31(33)34)27-20-17-26(18-21-27)29-22-19-25-11-4-5-12-28(25)23-29/h4-8,11-15,17-23H,2-3,9-10,16H2,1H3. The molecule has 0 aromatic heterocycles. The van der Waals surface area contributed by atoms with Crippen LogP contribution < -0.4 is 0 Å². The Balaban J connectivity index is 1.51. The lowest BCUT2D eigenvalue weighted by molar-refractivity contribution is 0.967. The van der Waals surface area contributed by atoms with Crippen LogP contribution in [-0.2, 0) is 6.42 Å². The van der Waals surface area contributed by atoms with Gasteiger partial charge in [-0.05, 0) is 91.4 Å². The number of hydrogen-bond donors (Lipinski definition) is 0. The van der Waals surface area contributed by atoms with Crippen LogP contribution in [0.5, 0.6) is 0 Å². The molecular weight excluding hydrogens is 420 g/mol. The minimum absolute atomic E-state index is 1.03. The molecule has 0 saturated heterocycles. The fourth-order valence-corrected chi connectivity index (χ4v) is 5.72. The Morgan fingerprint density at radius 2 is 1.43 bits per heavy atom. The molecule has 1 aliphatic carbocycles. The molecule has 0 unspecified atom stereocenters. The highest BCUT2D eigenvalue weighted by Crippen LogP contribution is 2.43. The van der Waals surface area contributed by atoms with E-state index in [1.807, 2.05) is 0 Å². The molecule has 0 atom stereocenters. The maximum Gasteiger partial charge on any atom is -0.00668 e. The molecule has 0 N–H and O–H groups in total. The predicted molar refractivity (Wildman–Crippen MR) is 154 cm³/mol. The van der Waals surface area contributed by atoms with E-state index >= 15 is 0 Å². The van der Waals surface area contributed by atoms with Crippen molar-refractivity contribution < 1.29 is 0 Å². The molecule has 0 amide bonds. The molecule has 0 saturated carbocycles. The zero-order valence-corrected chi connectivity index (χ0v) is 20.4. The van der Waals surface area contributed by atoms with E-state index in [0.29, 0.717) is 0 Å². The fraction of sp³-hybridized carbons (Fsp3) is 0.143. The van der Waals surface area contributed by atoms with E-state index < -0.39 is 0 Å². The van der Waals surface area contributed by atoms with Gasteiger partial charge >= 0.3 is 0 Å². The van der Waals surface area contributed by atoms with E-state index in [1.54, 1.807) is 0 Å². The molecule has 0 spiro atoms. The first-order valence-corrected chi connectivity index (χ1v) is 12.8. The second-order valence-electron chi connectivity index (χ2n) is 9.62. The van der Waals surface area contributed by atoms with Gasteiger partial charge in [0.05, 0.1) is 0 Å². The van der Waals surface area contributed by atoms with Gasteiger partial charge < -0.3 is 0 Å². The molecule has 0 aliphatic heterocycles. The average molecular weight is 451 g/mol. The topological polar surface area (TPSA) is 0 Å². The van der Waals surface area contributed by atoms with Crippen molar-refractivity contribution in [2.24, 2.45) is 0 Å². The third kappa shape index (κ3) is 3.80. The summed E-state index contributed by atoms with van der Waals surface area (Å²) in [4.78, 5) is 0. The normalized spacial score (nSPS) is 12.7. The van der Waals surface area contributed by atoms with E-state index in [1.165, 1.54) is 66.1 Å². The van der Waals surface area contributed by atoms with Crippen LogP contribution in [0, 0.1) is 0 Å². The Morgan fingerprint density at radius 3 is 2.23 bits per heavy atom. The van der Waals surface area contributed by atoms with Crippen molar-refractivity contribution >= 4 is 33.2 Å². The molecule has 0 bridgehead atoms. The van der Waals surface area contributed by atoms with Crippen LogP contribution in [0.25, 0.3) is 55.4 Å². The van der Waals surface area contributed by atoms with Crippen LogP contribution in [0.4, 0.5) is 0 Å². The third-order valence-corrected chi connectivity index (χ3v) is 7.37. The number of hydrogen-bond acceptors (Lipinski definition) is 0. The lowest BCUT2D eigenvalue weighted by Gasteiger charge is -2.24. The first-order chi connectivity index (χ1) is 17.2. The molecular formula is C35H30. The van der Waals surface area contributed by atoms with E-state index in [9.17, 15) is 0 Å². The molecule has 170 valence electrons. The summed E-state index contributed by atoms with van der Waals surface area (Å²) in [6.07, 6.45) is 8.98. The van der Waals surface area contributed by atoms with Gasteiger partial charge in [-0.3, -0.25) is 0 Å². The number of fused-ring (bicyclic) bond motifs is 3. The van der Waals surface area contributed by atoms with Gasteiger partial charge in [0, 0.05) is 0 Å². The second kappa shape index (κ2) is 9.04.